The Morgan fingerprint density at radius 3 is 2.79 bits per heavy atom. The monoisotopic (exact) mass is 264 g/mol. The largest absolute Gasteiger partial charge is 0.340 e. The number of hydrogen-bond donors (Lipinski definition) is 1. The van der Waals surface area contributed by atoms with Crippen LogP contribution < -0.4 is 5.32 Å². The molecule has 1 fully saturated rings. The van der Waals surface area contributed by atoms with Gasteiger partial charge in [0.2, 0.25) is 5.91 Å². The predicted octanol–water partition coefficient (Wildman–Crippen LogP) is 1.97. The molecule has 1 N–H and O–H groups in total. The van der Waals surface area contributed by atoms with E-state index in [4.69, 9.17) is 0 Å². The second-order valence-corrected chi connectivity index (χ2v) is 4.97. The van der Waals surface area contributed by atoms with Crippen LogP contribution in [0.25, 0.3) is 0 Å². The molecular weight excluding hydrogens is 243 g/mol. The Bertz CT molecular complexity index is 430. The van der Waals surface area contributed by atoms with Crippen LogP contribution in [-0.4, -0.2) is 36.5 Å². The van der Waals surface area contributed by atoms with E-state index in [1.807, 2.05) is 11.8 Å². The fourth-order valence-corrected chi connectivity index (χ4v) is 2.68. The van der Waals surface area contributed by atoms with E-state index in [1.165, 1.54) is 12.1 Å². The zero-order valence-corrected chi connectivity index (χ0v) is 11.4. The van der Waals surface area contributed by atoms with E-state index >= 15 is 0 Å². The summed E-state index contributed by atoms with van der Waals surface area (Å²) in [5.74, 6) is -0.185. The summed E-state index contributed by atoms with van der Waals surface area (Å²) >= 11 is 0. The number of nitrogens with one attached hydrogen (secondary N) is 1. The van der Waals surface area contributed by atoms with Crippen molar-refractivity contribution in [3.05, 3.63) is 35.6 Å². The Labute approximate surface area is 113 Å². The molecule has 1 aliphatic rings. The minimum atomic E-state index is -0.282. The highest BCUT2D eigenvalue weighted by molar-refractivity contribution is 5.79. The van der Waals surface area contributed by atoms with Crippen LogP contribution in [0.1, 0.15) is 25.3 Å². The van der Waals surface area contributed by atoms with Crippen LogP contribution >= 0.6 is 0 Å². The average Bonchev–Trinajstić information content (AvgIpc) is 2.41. The third-order valence-corrected chi connectivity index (χ3v) is 3.65. The number of likely N-dealkylation sites (N-methyl/N-ethyl adjacent to an activating group) is 1. The molecule has 1 saturated heterocycles. The van der Waals surface area contributed by atoms with Crippen molar-refractivity contribution in [1.82, 2.24) is 10.2 Å². The van der Waals surface area contributed by atoms with Gasteiger partial charge in [0.1, 0.15) is 5.82 Å². The molecule has 0 atom stereocenters. The van der Waals surface area contributed by atoms with Crippen LogP contribution in [0.2, 0.25) is 0 Å². The van der Waals surface area contributed by atoms with Crippen molar-refractivity contribution in [1.29, 1.82) is 0 Å². The van der Waals surface area contributed by atoms with Crippen molar-refractivity contribution < 1.29 is 9.18 Å². The smallest absolute Gasteiger partial charge is 0.227 e. The van der Waals surface area contributed by atoms with Gasteiger partial charge in [0.05, 0.1) is 6.42 Å². The van der Waals surface area contributed by atoms with Gasteiger partial charge in [-0.1, -0.05) is 12.1 Å². The predicted molar refractivity (Wildman–Crippen MR) is 73.4 cm³/mol. The second kappa shape index (κ2) is 6.66. The van der Waals surface area contributed by atoms with Crippen LogP contribution in [0.15, 0.2) is 24.3 Å². The van der Waals surface area contributed by atoms with Crippen LogP contribution in [0.5, 0.6) is 0 Å². The van der Waals surface area contributed by atoms with Crippen molar-refractivity contribution in [3.8, 4) is 0 Å². The molecular formula is C15H21FN2O. The summed E-state index contributed by atoms with van der Waals surface area (Å²) in [7, 11) is 0. The van der Waals surface area contributed by atoms with Gasteiger partial charge in [-0.15, -0.1) is 0 Å². The number of hydrogen-bond acceptors (Lipinski definition) is 2. The van der Waals surface area contributed by atoms with Crippen LogP contribution in [0.4, 0.5) is 4.39 Å². The topological polar surface area (TPSA) is 32.3 Å². The highest BCUT2D eigenvalue weighted by atomic mass is 19.1. The van der Waals surface area contributed by atoms with Gasteiger partial charge in [-0.25, -0.2) is 4.39 Å². The summed E-state index contributed by atoms with van der Waals surface area (Å²) in [4.78, 5) is 14.3. The SMILES string of the molecule is CCN(C(=O)Cc1cccc(F)c1)C1CCNCC1. The molecule has 1 aromatic rings. The maximum atomic E-state index is 13.1. The van der Waals surface area contributed by atoms with E-state index in [9.17, 15) is 9.18 Å². The fourth-order valence-electron chi connectivity index (χ4n) is 2.68. The number of carbonyl (C=O) groups is 1. The van der Waals surface area contributed by atoms with Crippen molar-refractivity contribution in [2.45, 2.75) is 32.2 Å². The molecule has 0 aliphatic carbocycles. The first-order valence-electron chi connectivity index (χ1n) is 6.95. The van der Waals surface area contributed by atoms with E-state index in [0.717, 1.165) is 38.0 Å². The zero-order chi connectivity index (χ0) is 13.7. The van der Waals surface area contributed by atoms with E-state index in [2.05, 4.69) is 5.32 Å². The molecule has 0 unspecified atom stereocenters. The van der Waals surface area contributed by atoms with E-state index < -0.39 is 0 Å². The molecule has 1 amide bonds. The van der Waals surface area contributed by atoms with Gasteiger partial charge in [-0.2, -0.15) is 0 Å². The standard InChI is InChI=1S/C15H21FN2O/c1-2-18(14-6-8-17-9-7-14)15(19)11-12-4-3-5-13(16)10-12/h3-5,10,14,17H,2,6-9,11H2,1H3. The summed E-state index contributed by atoms with van der Waals surface area (Å²) in [6.45, 7) is 4.66. The zero-order valence-electron chi connectivity index (χ0n) is 11.4. The third kappa shape index (κ3) is 3.77. The summed E-state index contributed by atoms with van der Waals surface area (Å²) in [5.41, 5.74) is 0.748. The van der Waals surface area contributed by atoms with Crippen LogP contribution in [-0.2, 0) is 11.2 Å². The molecule has 1 aliphatic heterocycles. The summed E-state index contributed by atoms with van der Waals surface area (Å²) in [5, 5.41) is 3.30. The van der Waals surface area contributed by atoms with Gasteiger partial charge in [0.25, 0.3) is 0 Å². The first-order valence-corrected chi connectivity index (χ1v) is 6.95. The Balaban J connectivity index is 2.00. The Morgan fingerprint density at radius 1 is 1.42 bits per heavy atom. The highest BCUT2D eigenvalue weighted by Gasteiger charge is 2.23. The number of benzene rings is 1. The van der Waals surface area contributed by atoms with Crippen molar-refractivity contribution in [3.63, 3.8) is 0 Å². The number of rotatable bonds is 4. The number of nitrogens with zero attached hydrogens (tertiary/aromatic N) is 1. The maximum absolute atomic E-state index is 13.1. The first kappa shape index (κ1) is 14.0. The molecule has 104 valence electrons. The summed E-state index contributed by atoms with van der Waals surface area (Å²) < 4.78 is 13.1. The van der Waals surface area contributed by atoms with E-state index in [-0.39, 0.29) is 18.1 Å². The molecule has 0 aromatic heterocycles. The van der Waals surface area contributed by atoms with Crippen molar-refractivity contribution in [2.75, 3.05) is 19.6 Å². The second-order valence-electron chi connectivity index (χ2n) is 4.97. The van der Waals surface area contributed by atoms with Crippen molar-refractivity contribution >= 4 is 5.91 Å². The lowest BCUT2D eigenvalue weighted by atomic mass is 10.0. The molecule has 19 heavy (non-hydrogen) atoms. The quantitative estimate of drug-likeness (QED) is 0.901. The molecule has 0 radical (unpaired) electrons. The van der Waals surface area contributed by atoms with Crippen LogP contribution in [0, 0.1) is 5.82 Å². The van der Waals surface area contributed by atoms with Gasteiger partial charge < -0.3 is 10.2 Å². The van der Waals surface area contributed by atoms with E-state index in [1.54, 1.807) is 12.1 Å². The van der Waals surface area contributed by atoms with E-state index in [0.29, 0.717) is 6.04 Å². The maximum Gasteiger partial charge on any atom is 0.227 e. The lowest BCUT2D eigenvalue weighted by Crippen LogP contribution is -2.46. The summed E-state index contributed by atoms with van der Waals surface area (Å²) in [6, 6.07) is 6.62. The Hall–Kier alpha value is -1.42. The molecule has 4 heteroatoms. The van der Waals surface area contributed by atoms with Gasteiger partial charge in [-0.05, 0) is 50.6 Å². The molecule has 2 rings (SSSR count). The molecule has 3 nitrogen and oxygen atoms in total. The van der Waals surface area contributed by atoms with Gasteiger partial charge in [-0.3, -0.25) is 4.79 Å². The van der Waals surface area contributed by atoms with Crippen LogP contribution in [0.3, 0.4) is 0 Å². The fraction of sp³-hybridized carbons (Fsp3) is 0.533. The molecule has 0 spiro atoms. The summed E-state index contributed by atoms with van der Waals surface area (Å²) in [6.07, 6.45) is 2.29. The average molecular weight is 264 g/mol. The lowest BCUT2D eigenvalue weighted by molar-refractivity contribution is -0.133. The van der Waals surface area contributed by atoms with Crippen molar-refractivity contribution in [2.24, 2.45) is 0 Å². The number of halogens is 1. The lowest BCUT2D eigenvalue weighted by Gasteiger charge is -2.34. The molecule has 1 heterocycles. The van der Waals surface area contributed by atoms with Gasteiger partial charge in [0.15, 0.2) is 0 Å². The Kier molecular flexibility index (Phi) is 4.91. The first-order chi connectivity index (χ1) is 9.20. The number of amides is 1. The number of piperidine rings is 1. The highest BCUT2D eigenvalue weighted by Crippen LogP contribution is 2.14. The normalized spacial score (nSPS) is 16.3. The van der Waals surface area contributed by atoms with Gasteiger partial charge in [0, 0.05) is 12.6 Å². The Morgan fingerprint density at radius 2 is 2.16 bits per heavy atom. The minimum absolute atomic E-state index is 0.0972. The minimum Gasteiger partial charge on any atom is -0.340 e. The molecule has 1 aromatic carbocycles. The van der Waals surface area contributed by atoms with Gasteiger partial charge >= 0.3 is 0 Å². The number of carbonyl (C=O) groups excluding carboxylic acids is 1. The molecule has 0 saturated carbocycles. The molecule has 0 bridgehead atoms. The third-order valence-electron chi connectivity index (χ3n) is 3.65.